The van der Waals surface area contributed by atoms with Gasteiger partial charge in [0.05, 0.1) is 6.54 Å². The van der Waals surface area contributed by atoms with Crippen LogP contribution in [-0.2, 0) is 11.3 Å². The number of hydrogen-bond donors (Lipinski definition) is 2. The van der Waals surface area contributed by atoms with Crippen LogP contribution in [0, 0.1) is 5.41 Å². The zero-order chi connectivity index (χ0) is 18.4. The molecule has 1 saturated carbocycles. The van der Waals surface area contributed by atoms with Crippen molar-refractivity contribution >= 4 is 17.6 Å². The molecular formula is C21H32N4O. The van der Waals surface area contributed by atoms with Crippen LogP contribution in [0.2, 0.25) is 0 Å². The Morgan fingerprint density at radius 1 is 1.27 bits per heavy atom. The molecule has 5 nitrogen and oxygen atoms in total. The fraction of sp³-hybridized carbons (Fsp3) is 0.619. The van der Waals surface area contributed by atoms with E-state index in [0.29, 0.717) is 18.4 Å². The number of aliphatic imine (C=N–C) groups is 1. The van der Waals surface area contributed by atoms with Gasteiger partial charge in [0.15, 0.2) is 5.96 Å². The van der Waals surface area contributed by atoms with Crippen LogP contribution in [0.1, 0.15) is 57.9 Å². The summed E-state index contributed by atoms with van der Waals surface area (Å²) in [4.78, 5) is 19.1. The molecule has 2 N–H and O–H groups in total. The number of amides is 1. The van der Waals surface area contributed by atoms with E-state index in [4.69, 9.17) is 4.99 Å². The number of benzene rings is 1. The first kappa shape index (κ1) is 18.7. The van der Waals surface area contributed by atoms with Crippen molar-refractivity contribution in [2.45, 2.75) is 58.9 Å². The lowest BCUT2D eigenvalue weighted by atomic mass is 9.68. The van der Waals surface area contributed by atoms with Gasteiger partial charge in [-0.1, -0.05) is 25.5 Å². The van der Waals surface area contributed by atoms with Gasteiger partial charge in [-0.2, -0.15) is 0 Å². The normalized spacial score (nSPS) is 18.7. The third-order valence-electron chi connectivity index (χ3n) is 5.59. The van der Waals surface area contributed by atoms with E-state index >= 15 is 0 Å². The van der Waals surface area contributed by atoms with Crippen molar-refractivity contribution in [1.29, 1.82) is 0 Å². The number of carbonyl (C=O) groups is 1. The number of rotatable bonds is 6. The van der Waals surface area contributed by atoms with Gasteiger partial charge in [0.25, 0.3) is 0 Å². The van der Waals surface area contributed by atoms with Gasteiger partial charge >= 0.3 is 0 Å². The molecule has 1 saturated heterocycles. The summed E-state index contributed by atoms with van der Waals surface area (Å²) in [6.45, 7) is 7.90. The number of likely N-dealkylation sites (tertiary alicyclic amines) is 1. The van der Waals surface area contributed by atoms with E-state index in [2.05, 4.69) is 28.5 Å². The number of guanidine groups is 1. The average molecular weight is 357 g/mol. The van der Waals surface area contributed by atoms with E-state index in [1.807, 2.05) is 25.1 Å². The van der Waals surface area contributed by atoms with E-state index in [1.165, 1.54) is 25.7 Å². The summed E-state index contributed by atoms with van der Waals surface area (Å²) in [7, 11) is 0. The van der Waals surface area contributed by atoms with Crippen LogP contribution in [-0.4, -0.2) is 36.4 Å². The van der Waals surface area contributed by atoms with Crippen LogP contribution in [0.15, 0.2) is 29.3 Å². The van der Waals surface area contributed by atoms with E-state index in [-0.39, 0.29) is 5.91 Å². The molecule has 1 aromatic carbocycles. The van der Waals surface area contributed by atoms with Crippen molar-refractivity contribution in [2.75, 3.05) is 25.0 Å². The quantitative estimate of drug-likeness (QED) is 0.603. The van der Waals surface area contributed by atoms with Crippen LogP contribution >= 0.6 is 0 Å². The Labute approximate surface area is 157 Å². The number of carbonyl (C=O) groups excluding carboxylic acids is 1. The summed E-state index contributed by atoms with van der Waals surface area (Å²) < 4.78 is 0. The summed E-state index contributed by atoms with van der Waals surface area (Å²) in [5.74, 6) is 1.10. The lowest BCUT2D eigenvalue weighted by Crippen LogP contribution is -2.42. The topological polar surface area (TPSA) is 56.7 Å². The Morgan fingerprint density at radius 3 is 2.77 bits per heavy atom. The standard InChI is InChI=1S/C21H32N4O/c1-3-7-19(26)24-18-9-5-8-17(14-18)15-23-20(22-4-2)25-13-12-21(16-25)10-6-11-21/h5,8-9,14H,3-4,6-7,10-13,15-16H2,1-2H3,(H,22,23)(H,24,26). The zero-order valence-corrected chi connectivity index (χ0v) is 16.2. The summed E-state index contributed by atoms with van der Waals surface area (Å²) in [6.07, 6.45) is 6.86. The number of nitrogens with zero attached hydrogens (tertiary/aromatic N) is 2. The molecule has 0 radical (unpaired) electrons. The summed E-state index contributed by atoms with van der Waals surface area (Å²) in [5, 5.41) is 6.41. The minimum atomic E-state index is 0.0735. The first-order valence-corrected chi connectivity index (χ1v) is 10.1. The van der Waals surface area contributed by atoms with Crippen molar-refractivity contribution in [1.82, 2.24) is 10.2 Å². The minimum absolute atomic E-state index is 0.0735. The molecule has 0 bridgehead atoms. The Kier molecular flexibility index (Phi) is 6.17. The minimum Gasteiger partial charge on any atom is -0.357 e. The van der Waals surface area contributed by atoms with Gasteiger partial charge in [-0.15, -0.1) is 0 Å². The predicted molar refractivity (Wildman–Crippen MR) is 107 cm³/mol. The molecule has 0 unspecified atom stereocenters. The maximum atomic E-state index is 11.8. The summed E-state index contributed by atoms with van der Waals surface area (Å²) >= 11 is 0. The maximum Gasteiger partial charge on any atom is 0.224 e. The van der Waals surface area contributed by atoms with Gasteiger partial charge in [0, 0.05) is 31.7 Å². The Balaban J connectivity index is 1.63. The van der Waals surface area contributed by atoms with Crippen LogP contribution < -0.4 is 10.6 Å². The van der Waals surface area contributed by atoms with Gasteiger partial charge in [0.2, 0.25) is 5.91 Å². The van der Waals surface area contributed by atoms with Crippen LogP contribution in [0.25, 0.3) is 0 Å². The highest BCUT2D eigenvalue weighted by molar-refractivity contribution is 5.90. The Bertz CT molecular complexity index is 651. The average Bonchev–Trinajstić information content (AvgIpc) is 3.05. The molecule has 1 heterocycles. The van der Waals surface area contributed by atoms with Gasteiger partial charge < -0.3 is 15.5 Å². The molecule has 1 aliphatic heterocycles. The number of nitrogens with one attached hydrogen (secondary N) is 2. The molecule has 1 amide bonds. The fourth-order valence-electron chi connectivity index (χ4n) is 3.99. The van der Waals surface area contributed by atoms with Crippen molar-refractivity contribution in [3.05, 3.63) is 29.8 Å². The molecule has 2 aliphatic rings. The van der Waals surface area contributed by atoms with Crippen molar-refractivity contribution in [3.63, 3.8) is 0 Å². The molecule has 5 heteroatoms. The highest BCUT2D eigenvalue weighted by Gasteiger charge is 2.43. The fourth-order valence-corrected chi connectivity index (χ4v) is 3.99. The second-order valence-electron chi connectivity index (χ2n) is 7.69. The molecular weight excluding hydrogens is 324 g/mol. The van der Waals surface area contributed by atoms with Gasteiger partial charge in [-0.25, -0.2) is 4.99 Å². The van der Waals surface area contributed by atoms with Crippen LogP contribution in [0.4, 0.5) is 5.69 Å². The van der Waals surface area contributed by atoms with Crippen molar-refractivity contribution in [3.8, 4) is 0 Å². The molecule has 1 aliphatic carbocycles. The molecule has 0 aromatic heterocycles. The van der Waals surface area contributed by atoms with Gasteiger partial charge in [0.1, 0.15) is 0 Å². The Morgan fingerprint density at radius 2 is 2.12 bits per heavy atom. The van der Waals surface area contributed by atoms with E-state index in [1.54, 1.807) is 0 Å². The van der Waals surface area contributed by atoms with Gasteiger partial charge in [-0.05, 0) is 55.7 Å². The zero-order valence-electron chi connectivity index (χ0n) is 16.2. The molecule has 0 atom stereocenters. The second-order valence-corrected chi connectivity index (χ2v) is 7.69. The first-order valence-electron chi connectivity index (χ1n) is 10.1. The van der Waals surface area contributed by atoms with E-state index in [0.717, 1.165) is 43.3 Å². The summed E-state index contributed by atoms with van der Waals surface area (Å²) in [5.41, 5.74) is 2.54. The molecule has 142 valence electrons. The molecule has 2 fully saturated rings. The lowest BCUT2D eigenvalue weighted by Gasteiger charge is -2.38. The largest absolute Gasteiger partial charge is 0.357 e. The first-order chi connectivity index (χ1) is 12.6. The molecule has 1 aromatic rings. The van der Waals surface area contributed by atoms with Gasteiger partial charge in [-0.3, -0.25) is 4.79 Å². The Hall–Kier alpha value is -2.04. The molecule has 1 spiro atoms. The lowest BCUT2D eigenvalue weighted by molar-refractivity contribution is -0.116. The maximum absolute atomic E-state index is 11.8. The number of hydrogen-bond acceptors (Lipinski definition) is 2. The van der Waals surface area contributed by atoms with Crippen LogP contribution in [0.3, 0.4) is 0 Å². The summed E-state index contributed by atoms with van der Waals surface area (Å²) in [6, 6.07) is 8.02. The monoisotopic (exact) mass is 356 g/mol. The van der Waals surface area contributed by atoms with E-state index in [9.17, 15) is 4.79 Å². The highest BCUT2D eigenvalue weighted by atomic mass is 16.1. The van der Waals surface area contributed by atoms with Crippen LogP contribution in [0.5, 0.6) is 0 Å². The van der Waals surface area contributed by atoms with E-state index < -0.39 is 0 Å². The predicted octanol–water partition coefficient (Wildman–Crippen LogP) is 3.77. The third kappa shape index (κ3) is 4.57. The highest BCUT2D eigenvalue weighted by Crippen LogP contribution is 2.47. The number of anilines is 1. The smallest absolute Gasteiger partial charge is 0.224 e. The molecule has 26 heavy (non-hydrogen) atoms. The third-order valence-corrected chi connectivity index (χ3v) is 5.59. The van der Waals surface area contributed by atoms with Crippen molar-refractivity contribution in [2.24, 2.45) is 10.4 Å². The molecule has 3 rings (SSSR count). The second kappa shape index (κ2) is 8.56. The van der Waals surface area contributed by atoms with Crippen molar-refractivity contribution < 1.29 is 4.79 Å². The SMILES string of the molecule is CCCC(=O)Nc1cccc(CN=C(NCC)N2CCC3(CCC3)C2)c1.